The topological polar surface area (TPSA) is 57.1 Å². The molecule has 0 aliphatic carbocycles. The first-order valence-electron chi connectivity index (χ1n) is 4.57. The molecule has 0 spiro atoms. The number of alkyl halides is 2. The molecule has 5 nitrogen and oxygen atoms in total. The fourth-order valence-corrected chi connectivity index (χ4v) is 0.919. The zero-order chi connectivity index (χ0) is 12.0. The highest BCUT2D eigenvalue weighted by Crippen LogP contribution is 2.13. The van der Waals surface area contributed by atoms with Gasteiger partial charge in [-0.05, 0) is 18.0 Å². The minimum absolute atomic E-state index is 0.0360. The van der Waals surface area contributed by atoms with Crippen LogP contribution in [0.2, 0.25) is 5.28 Å². The zero-order valence-corrected chi connectivity index (χ0v) is 9.25. The van der Waals surface area contributed by atoms with E-state index in [1.807, 2.05) is 6.92 Å². The third-order valence-corrected chi connectivity index (χ3v) is 1.51. The Morgan fingerprint density at radius 2 is 1.81 bits per heavy atom. The van der Waals surface area contributed by atoms with Crippen LogP contribution in [0, 0.1) is 0 Å². The maximum absolute atomic E-state index is 11.9. The van der Waals surface area contributed by atoms with Gasteiger partial charge in [0.1, 0.15) is 0 Å². The minimum Gasteiger partial charge on any atom is -0.463 e. The summed E-state index contributed by atoms with van der Waals surface area (Å²) in [5, 5.41) is -0.162. The molecule has 0 aliphatic rings. The number of halogens is 3. The predicted molar refractivity (Wildman–Crippen MR) is 52.1 cm³/mol. The Labute approximate surface area is 95.8 Å². The Balaban J connectivity index is 2.65. The monoisotopic (exact) mass is 253 g/mol. The van der Waals surface area contributed by atoms with Gasteiger partial charge in [-0.3, -0.25) is 0 Å². The first-order chi connectivity index (χ1) is 7.61. The average Bonchev–Trinajstić information content (AvgIpc) is 2.23. The van der Waals surface area contributed by atoms with Crippen LogP contribution >= 0.6 is 11.6 Å². The highest BCUT2D eigenvalue weighted by Gasteiger charge is 2.09. The van der Waals surface area contributed by atoms with E-state index in [2.05, 4.69) is 19.7 Å². The molecule has 0 saturated carbocycles. The number of aromatic nitrogens is 3. The van der Waals surface area contributed by atoms with Crippen molar-refractivity contribution in [2.45, 2.75) is 19.8 Å². The van der Waals surface area contributed by atoms with Crippen LogP contribution in [-0.2, 0) is 0 Å². The minimum atomic E-state index is -2.60. The number of hydrogen-bond donors (Lipinski definition) is 0. The van der Waals surface area contributed by atoms with Gasteiger partial charge in [0.15, 0.2) is 6.61 Å². The van der Waals surface area contributed by atoms with Crippen molar-refractivity contribution < 1.29 is 18.3 Å². The first kappa shape index (κ1) is 12.8. The van der Waals surface area contributed by atoms with E-state index in [9.17, 15) is 8.78 Å². The van der Waals surface area contributed by atoms with Crippen molar-refractivity contribution >= 4 is 11.6 Å². The normalized spacial score (nSPS) is 10.6. The number of hydrogen-bond acceptors (Lipinski definition) is 5. The highest BCUT2D eigenvalue weighted by atomic mass is 35.5. The summed E-state index contributed by atoms with van der Waals surface area (Å²) in [5.41, 5.74) is 0. The Kier molecular flexibility index (Phi) is 5.10. The van der Waals surface area contributed by atoms with Gasteiger partial charge in [0.25, 0.3) is 6.43 Å². The van der Waals surface area contributed by atoms with E-state index in [-0.39, 0.29) is 17.3 Å². The van der Waals surface area contributed by atoms with Gasteiger partial charge in [-0.2, -0.15) is 9.97 Å². The Morgan fingerprint density at radius 3 is 2.38 bits per heavy atom. The number of rotatable bonds is 6. The van der Waals surface area contributed by atoms with Crippen molar-refractivity contribution in [3.63, 3.8) is 0 Å². The lowest BCUT2D eigenvalue weighted by Gasteiger charge is -2.06. The number of nitrogens with zero attached hydrogens (tertiary/aromatic N) is 3. The van der Waals surface area contributed by atoms with Gasteiger partial charge in [0, 0.05) is 0 Å². The summed E-state index contributed by atoms with van der Waals surface area (Å²) in [6, 6.07) is -0.308. The molecule has 16 heavy (non-hydrogen) atoms. The lowest BCUT2D eigenvalue weighted by Crippen LogP contribution is -2.10. The molecule has 1 heterocycles. The molecule has 0 atom stereocenters. The van der Waals surface area contributed by atoms with Gasteiger partial charge in [0.05, 0.1) is 6.61 Å². The van der Waals surface area contributed by atoms with Crippen molar-refractivity contribution in [3.05, 3.63) is 5.28 Å². The van der Waals surface area contributed by atoms with Gasteiger partial charge in [-0.15, -0.1) is 4.98 Å². The lowest BCUT2D eigenvalue weighted by atomic mass is 10.5. The number of ether oxygens (including phenoxy) is 2. The molecule has 0 saturated heterocycles. The van der Waals surface area contributed by atoms with Crippen molar-refractivity contribution in [1.82, 2.24) is 15.0 Å². The molecule has 90 valence electrons. The van der Waals surface area contributed by atoms with E-state index in [1.165, 1.54) is 0 Å². The summed E-state index contributed by atoms with van der Waals surface area (Å²) in [4.78, 5) is 10.8. The van der Waals surface area contributed by atoms with Crippen LogP contribution in [0.1, 0.15) is 13.3 Å². The van der Waals surface area contributed by atoms with Gasteiger partial charge in [-0.25, -0.2) is 8.78 Å². The summed E-state index contributed by atoms with van der Waals surface area (Å²) in [6.07, 6.45) is -1.84. The first-order valence-corrected chi connectivity index (χ1v) is 4.95. The fraction of sp³-hybridized carbons (Fsp3) is 0.625. The summed E-state index contributed by atoms with van der Waals surface area (Å²) in [7, 11) is 0. The average molecular weight is 254 g/mol. The van der Waals surface area contributed by atoms with E-state index in [1.54, 1.807) is 0 Å². The molecule has 1 rings (SSSR count). The molecule has 0 bridgehead atoms. The largest absolute Gasteiger partial charge is 0.463 e. The Hall–Kier alpha value is -1.24. The van der Waals surface area contributed by atoms with E-state index >= 15 is 0 Å². The quantitative estimate of drug-likeness (QED) is 0.776. The van der Waals surface area contributed by atoms with Gasteiger partial charge >= 0.3 is 12.0 Å². The van der Waals surface area contributed by atoms with Crippen LogP contribution in [0.15, 0.2) is 0 Å². The Bertz CT molecular complexity index is 341. The summed E-state index contributed by atoms with van der Waals surface area (Å²) in [6.45, 7) is 1.50. The highest BCUT2D eigenvalue weighted by molar-refractivity contribution is 6.28. The second-order valence-corrected chi connectivity index (χ2v) is 3.06. The maximum Gasteiger partial charge on any atom is 0.324 e. The molecule has 1 aromatic rings. The molecule has 0 aromatic carbocycles. The Morgan fingerprint density at radius 1 is 1.19 bits per heavy atom. The molecule has 0 aliphatic heterocycles. The summed E-state index contributed by atoms with van der Waals surface area (Å²) < 4.78 is 33.4. The van der Waals surface area contributed by atoms with Crippen molar-refractivity contribution in [3.8, 4) is 12.0 Å². The van der Waals surface area contributed by atoms with Crippen LogP contribution in [0.5, 0.6) is 12.0 Å². The second kappa shape index (κ2) is 6.37. The van der Waals surface area contributed by atoms with E-state index in [0.717, 1.165) is 6.42 Å². The van der Waals surface area contributed by atoms with Crippen molar-refractivity contribution in [2.75, 3.05) is 13.2 Å². The van der Waals surface area contributed by atoms with Crippen LogP contribution < -0.4 is 9.47 Å². The SMILES string of the molecule is CCCOc1nc(Cl)nc(OCC(F)F)n1. The third-order valence-electron chi connectivity index (χ3n) is 1.34. The smallest absolute Gasteiger partial charge is 0.324 e. The second-order valence-electron chi connectivity index (χ2n) is 2.72. The van der Waals surface area contributed by atoms with Crippen molar-refractivity contribution in [2.24, 2.45) is 0 Å². The summed E-state index contributed by atoms with van der Waals surface area (Å²) in [5.74, 6) is 0. The molecule has 8 heteroatoms. The maximum atomic E-state index is 11.9. The molecule has 0 fully saturated rings. The predicted octanol–water partition coefficient (Wildman–Crippen LogP) is 1.96. The van der Waals surface area contributed by atoms with Crippen molar-refractivity contribution in [1.29, 1.82) is 0 Å². The van der Waals surface area contributed by atoms with E-state index in [0.29, 0.717) is 6.61 Å². The molecule has 1 aromatic heterocycles. The summed E-state index contributed by atoms with van der Waals surface area (Å²) >= 11 is 5.53. The van der Waals surface area contributed by atoms with E-state index < -0.39 is 13.0 Å². The van der Waals surface area contributed by atoms with E-state index in [4.69, 9.17) is 16.3 Å². The van der Waals surface area contributed by atoms with Crippen LogP contribution in [0.4, 0.5) is 8.78 Å². The molecule has 0 amide bonds. The molecular weight excluding hydrogens is 244 g/mol. The standard InChI is InChI=1S/C8H10ClF2N3O2/c1-2-3-15-7-12-6(9)13-8(14-7)16-4-5(10)11/h5H,2-4H2,1H3. The lowest BCUT2D eigenvalue weighted by molar-refractivity contribution is 0.0762. The van der Waals surface area contributed by atoms with Gasteiger partial charge < -0.3 is 9.47 Å². The molecule has 0 unspecified atom stereocenters. The molecular formula is C8H10ClF2N3O2. The third kappa shape index (κ3) is 4.52. The zero-order valence-electron chi connectivity index (χ0n) is 8.49. The molecule has 0 N–H and O–H groups in total. The van der Waals surface area contributed by atoms with Gasteiger partial charge in [0.2, 0.25) is 5.28 Å². The fourth-order valence-electron chi connectivity index (χ4n) is 0.775. The van der Waals surface area contributed by atoms with Crippen LogP contribution in [0.25, 0.3) is 0 Å². The van der Waals surface area contributed by atoms with Crippen LogP contribution in [0.3, 0.4) is 0 Å². The molecule has 0 radical (unpaired) electrons. The van der Waals surface area contributed by atoms with Crippen LogP contribution in [-0.4, -0.2) is 34.6 Å². The van der Waals surface area contributed by atoms with Gasteiger partial charge in [-0.1, -0.05) is 6.92 Å².